The number of halogens is 1. The van der Waals surface area contributed by atoms with Crippen LogP contribution in [0.4, 0.5) is 5.82 Å². The summed E-state index contributed by atoms with van der Waals surface area (Å²) in [5, 5.41) is 20.5. The highest BCUT2D eigenvalue weighted by atomic mass is 35.5. The van der Waals surface area contributed by atoms with Crippen molar-refractivity contribution in [1.29, 1.82) is 0 Å². The zero-order valence-corrected chi connectivity index (χ0v) is 11.9. The van der Waals surface area contributed by atoms with Crippen molar-refractivity contribution >= 4 is 23.4 Å². The standard InChI is InChI=1S/C11H16ClN3O5/c1-7(9(17)4-3-5-20-8(2)16)14-6-10(15(18)19)13-11(14)12/h6-7,9,17H,3-5H2,1-2H3. The summed E-state index contributed by atoms with van der Waals surface area (Å²) in [5.41, 5.74) is 0. The summed E-state index contributed by atoms with van der Waals surface area (Å²) in [6, 6.07) is -0.471. The second-order valence-corrected chi connectivity index (χ2v) is 4.66. The van der Waals surface area contributed by atoms with E-state index in [1.54, 1.807) is 6.92 Å². The number of aromatic nitrogens is 2. The summed E-state index contributed by atoms with van der Waals surface area (Å²) >= 11 is 5.80. The van der Waals surface area contributed by atoms with Gasteiger partial charge in [-0.2, -0.15) is 0 Å². The molecule has 1 rings (SSSR count). The summed E-state index contributed by atoms with van der Waals surface area (Å²) in [6.45, 7) is 3.20. The average molecular weight is 306 g/mol. The van der Waals surface area contributed by atoms with Crippen LogP contribution in [0.15, 0.2) is 6.20 Å². The molecule has 0 spiro atoms. The van der Waals surface area contributed by atoms with Crippen LogP contribution in [0.3, 0.4) is 0 Å². The smallest absolute Gasteiger partial charge is 0.383 e. The maximum atomic E-state index is 10.6. The molecular weight excluding hydrogens is 290 g/mol. The molecule has 1 aromatic heterocycles. The van der Waals surface area contributed by atoms with Gasteiger partial charge in [0.2, 0.25) is 0 Å². The van der Waals surface area contributed by atoms with Crippen molar-refractivity contribution in [2.45, 2.75) is 38.8 Å². The zero-order chi connectivity index (χ0) is 15.3. The molecule has 0 fully saturated rings. The normalized spacial score (nSPS) is 13.8. The Hall–Kier alpha value is -1.67. The Kier molecular flexibility index (Phi) is 5.90. The summed E-state index contributed by atoms with van der Waals surface area (Å²) in [4.78, 5) is 24.1. The van der Waals surface area contributed by atoms with Crippen LogP contribution in [-0.4, -0.2) is 38.3 Å². The number of hydrogen-bond acceptors (Lipinski definition) is 6. The molecule has 2 unspecified atom stereocenters. The predicted molar refractivity (Wildman–Crippen MR) is 70.5 cm³/mol. The summed E-state index contributed by atoms with van der Waals surface area (Å²) in [6.07, 6.45) is 1.26. The number of aliphatic hydroxyl groups is 1. The van der Waals surface area contributed by atoms with Crippen LogP contribution in [0.5, 0.6) is 0 Å². The first-order chi connectivity index (χ1) is 9.32. The van der Waals surface area contributed by atoms with Crippen molar-refractivity contribution in [3.8, 4) is 0 Å². The van der Waals surface area contributed by atoms with Gasteiger partial charge < -0.3 is 20.0 Å². The van der Waals surface area contributed by atoms with Crippen LogP contribution >= 0.6 is 11.6 Å². The van der Waals surface area contributed by atoms with E-state index < -0.39 is 17.1 Å². The van der Waals surface area contributed by atoms with Gasteiger partial charge in [-0.25, -0.2) is 0 Å². The molecule has 0 bridgehead atoms. The maximum absolute atomic E-state index is 10.6. The third kappa shape index (κ3) is 4.46. The number of carbonyl (C=O) groups excluding carboxylic acids is 1. The van der Waals surface area contributed by atoms with Gasteiger partial charge in [-0.1, -0.05) is 0 Å². The number of carbonyl (C=O) groups is 1. The van der Waals surface area contributed by atoms with E-state index in [0.717, 1.165) is 0 Å². The van der Waals surface area contributed by atoms with Crippen molar-refractivity contribution in [2.75, 3.05) is 6.61 Å². The molecule has 0 aromatic carbocycles. The number of nitro groups is 1. The molecule has 0 aliphatic rings. The lowest BCUT2D eigenvalue weighted by molar-refractivity contribution is -0.389. The van der Waals surface area contributed by atoms with Gasteiger partial charge in [-0.05, 0) is 41.3 Å². The van der Waals surface area contributed by atoms with E-state index in [4.69, 9.17) is 16.3 Å². The molecule has 0 saturated carbocycles. The van der Waals surface area contributed by atoms with Gasteiger partial charge >= 0.3 is 17.1 Å². The second-order valence-electron chi connectivity index (χ2n) is 4.32. The molecule has 0 aliphatic heterocycles. The third-order valence-corrected chi connectivity index (χ3v) is 3.09. The molecule has 1 aromatic rings. The molecule has 8 nitrogen and oxygen atoms in total. The second kappa shape index (κ2) is 7.20. The number of ether oxygens (including phenoxy) is 1. The molecule has 20 heavy (non-hydrogen) atoms. The largest absolute Gasteiger partial charge is 0.466 e. The first-order valence-electron chi connectivity index (χ1n) is 6.03. The van der Waals surface area contributed by atoms with Crippen LogP contribution in [-0.2, 0) is 9.53 Å². The molecule has 0 radical (unpaired) electrons. The summed E-state index contributed by atoms with van der Waals surface area (Å²) in [7, 11) is 0. The van der Waals surface area contributed by atoms with E-state index in [2.05, 4.69) is 4.98 Å². The molecule has 0 aliphatic carbocycles. The van der Waals surface area contributed by atoms with Gasteiger partial charge in [0, 0.05) is 6.92 Å². The van der Waals surface area contributed by atoms with Crippen molar-refractivity contribution in [1.82, 2.24) is 9.55 Å². The zero-order valence-electron chi connectivity index (χ0n) is 11.2. The predicted octanol–water partition coefficient (Wildman–Crippen LogP) is 1.71. The Balaban J connectivity index is 2.57. The number of rotatable bonds is 7. The fourth-order valence-corrected chi connectivity index (χ4v) is 1.96. The quantitative estimate of drug-likeness (QED) is 0.355. The van der Waals surface area contributed by atoms with Crippen LogP contribution in [0, 0.1) is 10.1 Å². The van der Waals surface area contributed by atoms with Gasteiger partial charge in [0.05, 0.1) is 18.8 Å². The molecule has 112 valence electrons. The Labute approximate surface area is 120 Å². The molecule has 0 saturated heterocycles. The van der Waals surface area contributed by atoms with Crippen LogP contribution in [0.25, 0.3) is 0 Å². The van der Waals surface area contributed by atoms with Gasteiger partial charge in [0.15, 0.2) is 0 Å². The first kappa shape index (κ1) is 16.4. The van der Waals surface area contributed by atoms with Crippen LogP contribution < -0.4 is 0 Å². The highest BCUT2D eigenvalue weighted by Crippen LogP contribution is 2.24. The van der Waals surface area contributed by atoms with E-state index in [0.29, 0.717) is 12.8 Å². The minimum Gasteiger partial charge on any atom is -0.466 e. The van der Waals surface area contributed by atoms with Crippen molar-refractivity contribution < 1.29 is 19.6 Å². The van der Waals surface area contributed by atoms with Crippen molar-refractivity contribution in [3.63, 3.8) is 0 Å². The Morgan fingerprint density at radius 3 is 2.85 bits per heavy atom. The van der Waals surface area contributed by atoms with Crippen LogP contribution in [0.2, 0.25) is 5.28 Å². The lowest BCUT2D eigenvalue weighted by Gasteiger charge is -2.19. The van der Waals surface area contributed by atoms with E-state index in [1.807, 2.05) is 0 Å². The van der Waals surface area contributed by atoms with Gasteiger partial charge in [0.25, 0.3) is 0 Å². The highest BCUT2D eigenvalue weighted by molar-refractivity contribution is 6.28. The fraction of sp³-hybridized carbons (Fsp3) is 0.636. The van der Waals surface area contributed by atoms with E-state index in [9.17, 15) is 20.0 Å². The fourth-order valence-electron chi connectivity index (χ4n) is 1.67. The molecule has 9 heteroatoms. The Morgan fingerprint density at radius 2 is 2.35 bits per heavy atom. The first-order valence-corrected chi connectivity index (χ1v) is 6.41. The van der Waals surface area contributed by atoms with Crippen molar-refractivity contribution in [2.24, 2.45) is 0 Å². The van der Waals surface area contributed by atoms with E-state index in [-0.39, 0.29) is 23.7 Å². The minimum atomic E-state index is -0.781. The molecule has 1 N–H and O–H groups in total. The number of esters is 1. The number of imidazole rings is 1. The van der Waals surface area contributed by atoms with E-state index in [1.165, 1.54) is 17.7 Å². The lowest BCUT2D eigenvalue weighted by Crippen LogP contribution is -2.22. The van der Waals surface area contributed by atoms with Crippen LogP contribution in [0.1, 0.15) is 32.7 Å². The number of aliphatic hydroxyl groups excluding tert-OH is 1. The lowest BCUT2D eigenvalue weighted by atomic mass is 10.1. The molecule has 0 amide bonds. The molecule has 2 atom stereocenters. The Bertz CT molecular complexity index is 490. The van der Waals surface area contributed by atoms with Crippen molar-refractivity contribution in [3.05, 3.63) is 21.6 Å². The van der Waals surface area contributed by atoms with Gasteiger partial charge in [-0.3, -0.25) is 9.36 Å². The number of nitrogens with zero attached hydrogens (tertiary/aromatic N) is 3. The average Bonchev–Trinajstić information content (AvgIpc) is 2.75. The van der Waals surface area contributed by atoms with Gasteiger partial charge in [0.1, 0.15) is 6.20 Å². The van der Waals surface area contributed by atoms with Gasteiger partial charge in [-0.15, -0.1) is 0 Å². The topological polar surface area (TPSA) is 107 Å². The Morgan fingerprint density at radius 1 is 1.70 bits per heavy atom. The maximum Gasteiger partial charge on any atom is 0.383 e. The van der Waals surface area contributed by atoms with E-state index >= 15 is 0 Å². The summed E-state index contributed by atoms with van der Waals surface area (Å²) < 4.78 is 6.10. The summed E-state index contributed by atoms with van der Waals surface area (Å²) in [5.74, 6) is -0.741. The highest BCUT2D eigenvalue weighted by Gasteiger charge is 2.24. The SMILES string of the molecule is CC(=O)OCCCC(O)C(C)n1cc([N+](=O)[O-])nc1Cl. The number of hydrogen-bond donors (Lipinski definition) is 1. The minimum absolute atomic E-state index is 0.0526. The monoisotopic (exact) mass is 305 g/mol. The molecular formula is C11H16ClN3O5. The molecule has 1 heterocycles. The third-order valence-electron chi connectivity index (χ3n) is 2.81.